The molecule has 9 rings (SSSR count). The minimum Gasteiger partial charge on any atom is -0.309 e. The maximum atomic E-state index is 5.26. The first-order valence-corrected chi connectivity index (χ1v) is 14.0. The van der Waals surface area contributed by atoms with Crippen molar-refractivity contribution in [1.29, 1.82) is 0 Å². The van der Waals surface area contributed by atoms with E-state index in [0.29, 0.717) is 0 Å². The number of fused-ring (bicyclic) bond motifs is 9. The molecule has 9 aromatic rings. The van der Waals surface area contributed by atoms with Crippen LogP contribution in [0.2, 0.25) is 0 Å². The fourth-order valence-electron chi connectivity index (χ4n) is 6.23. The number of para-hydroxylation sites is 3. The molecule has 0 bridgehead atoms. The molecule has 4 heteroatoms. The summed E-state index contributed by atoms with van der Waals surface area (Å²) in [6.45, 7) is 0. The molecule has 5 aromatic carbocycles. The quantitative estimate of drug-likeness (QED) is 0.225. The molecule has 0 atom stereocenters. The molecule has 0 spiro atoms. The van der Waals surface area contributed by atoms with Gasteiger partial charge in [0, 0.05) is 48.4 Å². The van der Waals surface area contributed by atoms with Gasteiger partial charge in [0.25, 0.3) is 0 Å². The lowest BCUT2D eigenvalue weighted by Gasteiger charge is -2.11. The molecule has 0 saturated heterocycles. The van der Waals surface area contributed by atoms with Crippen LogP contribution in [-0.2, 0) is 0 Å². The molecule has 3 nitrogen and oxygen atoms in total. The number of hydrogen-bond donors (Lipinski definition) is 0. The average molecular weight is 516 g/mol. The summed E-state index contributed by atoms with van der Waals surface area (Å²) in [5.41, 5.74) is 6.87. The molecule has 0 amide bonds. The molecule has 0 aliphatic carbocycles. The molecule has 0 radical (unpaired) electrons. The Morgan fingerprint density at radius 1 is 0.436 bits per heavy atom. The smallest absolute Gasteiger partial charge is 0.147 e. The zero-order valence-corrected chi connectivity index (χ0v) is 21.7. The van der Waals surface area contributed by atoms with Crippen LogP contribution in [0.3, 0.4) is 0 Å². The maximum Gasteiger partial charge on any atom is 0.147 e. The van der Waals surface area contributed by atoms with Crippen LogP contribution < -0.4 is 0 Å². The summed E-state index contributed by atoms with van der Waals surface area (Å²) in [6.07, 6.45) is 0. The molecule has 182 valence electrons. The standard InChI is InChI=1S/C35H21N3S/c1-5-13-30-24(9-1)25-10-2-6-14-31(25)37(30)22-17-19-23(20-18-22)38-32-15-7-3-11-26(32)28-21-29-27-12-4-8-16-33(27)39-35(29)36-34(28)38/h1-21H. The van der Waals surface area contributed by atoms with Gasteiger partial charge in [-0.15, -0.1) is 11.3 Å². The van der Waals surface area contributed by atoms with Gasteiger partial charge >= 0.3 is 0 Å². The van der Waals surface area contributed by atoms with Gasteiger partial charge in [-0.05, 0) is 54.6 Å². The zero-order valence-electron chi connectivity index (χ0n) is 20.9. The van der Waals surface area contributed by atoms with Gasteiger partial charge in [-0.2, -0.15) is 0 Å². The Hall–Kier alpha value is -4.93. The number of benzene rings is 5. The van der Waals surface area contributed by atoms with Crippen LogP contribution >= 0.6 is 11.3 Å². The Kier molecular flexibility index (Phi) is 4.21. The first kappa shape index (κ1) is 21.1. The van der Waals surface area contributed by atoms with E-state index in [9.17, 15) is 0 Å². The largest absolute Gasteiger partial charge is 0.309 e. The van der Waals surface area contributed by atoms with Gasteiger partial charge in [0.15, 0.2) is 0 Å². The van der Waals surface area contributed by atoms with Crippen LogP contribution in [0.1, 0.15) is 0 Å². The van der Waals surface area contributed by atoms with Crippen molar-refractivity contribution in [1.82, 2.24) is 14.1 Å². The van der Waals surface area contributed by atoms with Crippen molar-refractivity contribution in [3.63, 3.8) is 0 Å². The Bertz CT molecular complexity index is 2330. The summed E-state index contributed by atoms with van der Waals surface area (Å²) in [5, 5.41) is 7.47. The van der Waals surface area contributed by atoms with Crippen molar-refractivity contribution in [2.45, 2.75) is 0 Å². The van der Waals surface area contributed by atoms with E-state index in [4.69, 9.17) is 4.98 Å². The van der Waals surface area contributed by atoms with Gasteiger partial charge in [-0.1, -0.05) is 72.8 Å². The number of hydrogen-bond acceptors (Lipinski definition) is 2. The predicted molar refractivity (Wildman–Crippen MR) is 166 cm³/mol. The lowest BCUT2D eigenvalue weighted by Crippen LogP contribution is -1.98. The van der Waals surface area contributed by atoms with E-state index in [-0.39, 0.29) is 0 Å². The average Bonchev–Trinajstić information content (AvgIpc) is 3.63. The highest BCUT2D eigenvalue weighted by Gasteiger charge is 2.17. The summed E-state index contributed by atoms with van der Waals surface area (Å²) in [4.78, 5) is 6.34. The van der Waals surface area contributed by atoms with Crippen LogP contribution in [0.5, 0.6) is 0 Å². The SMILES string of the molecule is c1ccc2c(c1)sc1nc3c(cc12)c1ccccc1n3-c1ccc(-n2c3ccccc3c3ccccc32)cc1. The van der Waals surface area contributed by atoms with E-state index in [2.05, 4.69) is 137 Å². The highest BCUT2D eigenvalue weighted by Crippen LogP contribution is 2.39. The topological polar surface area (TPSA) is 22.8 Å². The molecular weight excluding hydrogens is 494 g/mol. The van der Waals surface area contributed by atoms with Crippen LogP contribution in [0, 0.1) is 0 Å². The van der Waals surface area contributed by atoms with Crippen LogP contribution in [0.25, 0.3) is 75.4 Å². The molecule has 4 heterocycles. The molecule has 0 unspecified atom stereocenters. The fraction of sp³-hybridized carbons (Fsp3) is 0. The summed E-state index contributed by atoms with van der Waals surface area (Å²) in [5.74, 6) is 0. The third-order valence-electron chi connectivity index (χ3n) is 7.94. The van der Waals surface area contributed by atoms with Gasteiger partial charge in [-0.25, -0.2) is 4.98 Å². The second-order valence-corrected chi connectivity index (χ2v) is 11.1. The van der Waals surface area contributed by atoms with Crippen LogP contribution in [-0.4, -0.2) is 14.1 Å². The minimum absolute atomic E-state index is 1.000. The Morgan fingerprint density at radius 2 is 0.923 bits per heavy atom. The van der Waals surface area contributed by atoms with Gasteiger partial charge in [0.05, 0.1) is 16.6 Å². The molecule has 0 aliphatic heterocycles. The van der Waals surface area contributed by atoms with E-state index >= 15 is 0 Å². The summed E-state index contributed by atoms with van der Waals surface area (Å²) in [6, 6.07) is 45.8. The van der Waals surface area contributed by atoms with Crippen molar-refractivity contribution in [3.05, 3.63) is 127 Å². The van der Waals surface area contributed by atoms with E-state index in [1.807, 2.05) is 0 Å². The third kappa shape index (κ3) is 2.89. The molecule has 0 aliphatic rings. The fourth-order valence-corrected chi connectivity index (χ4v) is 7.29. The summed E-state index contributed by atoms with van der Waals surface area (Å²) >= 11 is 1.77. The number of thiophene rings is 1. The molecule has 0 saturated carbocycles. The Balaban J connectivity index is 1.29. The van der Waals surface area contributed by atoms with Crippen LogP contribution in [0.15, 0.2) is 127 Å². The lowest BCUT2D eigenvalue weighted by atomic mass is 10.1. The highest BCUT2D eigenvalue weighted by molar-refractivity contribution is 7.25. The first-order chi connectivity index (χ1) is 19.3. The minimum atomic E-state index is 1.000. The van der Waals surface area contributed by atoms with E-state index in [1.54, 1.807) is 11.3 Å². The predicted octanol–water partition coefficient (Wildman–Crippen LogP) is 9.64. The van der Waals surface area contributed by atoms with Gasteiger partial charge in [-0.3, -0.25) is 4.57 Å². The third-order valence-corrected chi connectivity index (χ3v) is 9.02. The van der Waals surface area contributed by atoms with E-state index < -0.39 is 0 Å². The van der Waals surface area contributed by atoms with Crippen molar-refractivity contribution in [2.75, 3.05) is 0 Å². The summed E-state index contributed by atoms with van der Waals surface area (Å²) < 4.78 is 5.95. The molecule has 0 fully saturated rings. The lowest BCUT2D eigenvalue weighted by molar-refractivity contribution is 1.13. The van der Waals surface area contributed by atoms with Gasteiger partial charge in [0.1, 0.15) is 10.5 Å². The Morgan fingerprint density at radius 3 is 1.56 bits per heavy atom. The second kappa shape index (κ2) is 7.79. The van der Waals surface area contributed by atoms with Crippen molar-refractivity contribution >= 4 is 75.4 Å². The molecule has 39 heavy (non-hydrogen) atoms. The normalized spacial score (nSPS) is 12.1. The summed E-state index contributed by atoms with van der Waals surface area (Å²) in [7, 11) is 0. The molecular formula is C35H21N3S. The van der Waals surface area contributed by atoms with Crippen LogP contribution in [0.4, 0.5) is 0 Å². The van der Waals surface area contributed by atoms with Gasteiger partial charge in [0.2, 0.25) is 0 Å². The monoisotopic (exact) mass is 515 g/mol. The molecule has 0 N–H and O–H groups in total. The van der Waals surface area contributed by atoms with Crippen molar-refractivity contribution in [3.8, 4) is 11.4 Å². The second-order valence-electron chi connectivity index (χ2n) is 10.0. The molecule has 4 aromatic heterocycles. The maximum absolute atomic E-state index is 5.26. The number of pyridine rings is 1. The number of rotatable bonds is 2. The van der Waals surface area contributed by atoms with E-state index in [1.165, 1.54) is 53.6 Å². The van der Waals surface area contributed by atoms with Crippen molar-refractivity contribution in [2.24, 2.45) is 0 Å². The number of nitrogens with zero attached hydrogens (tertiary/aromatic N) is 3. The first-order valence-electron chi connectivity index (χ1n) is 13.2. The highest BCUT2D eigenvalue weighted by atomic mass is 32.1. The zero-order chi connectivity index (χ0) is 25.5. The Labute approximate surface area is 227 Å². The number of aromatic nitrogens is 3. The van der Waals surface area contributed by atoms with E-state index in [0.717, 1.165) is 21.9 Å². The van der Waals surface area contributed by atoms with Crippen molar-refractivity contribution < 1.29 is 0 Å². The van der Waals surface area contributed by atoms with Gasteiger partial charge < -0.3 is 4.57 Å².